The first kappa shape index (κ1) is 23.5. The van der Waals surface area contributed by atoms with E-state index in [1.54, 1.807) is 4.90 Å². The zero-order valence-electron chi connectivity index (χ0n) is 14.8. The average molecular weight is 422 g/mol. The molecule has 0 radical (unpaired) electrons. The first-order valence-corrected chi connectivity index (χ1v) is 10.4. The van der Waals surface area contributed by atoms with Crippen LogP contribution < -0.4 is 5.73 Å². The lowest BCUT2D eigenvalue weighted by atomic mass is 9.81. The lowest BCUT2D eigenvalue weighted by Crippen LogP contribution is -2.59. The lowest BCUT2D eigenvalue weighted by molar-refractivity contribution is -0.145. The number of carbonyl (C=O) groups is 1. The molecule has 0 aromatic carbocycles. The van der Waals surface area contributed by atoms with Gasteiger partial charge < -0.3 is 10.6 Å². The van der Waals surface area contributed by atoms with Crippen LogP contribution in [0.2, 0.25) is 0 Å². The summed E-state index contributed by atoms with van der Waals surface area (Å²) in [4.78, 5) is 14.2. The van der Waals surface area contributed by atoms with Gasteiger partial charge in [-0.25, -0.2) is 8.42 Å². The second-order valence-corrected chi connectivity index (χ2v) is 9.10. The highest BCUT2D eigenvalue weighted by atomic mass is 35.5. The Labute approximate surface area is 158 Å². The normalized spacial score (nSPS) is 22.2. The maximum Gasteiger partial charge on any atom is 0.402 e. The summed E-state index contributed by atoms with van der Waals surface area (Å²) in [6, 6.07) is -0.749. The van der Waals surface area contributed by atoms with Gasteiger partial charge in [0.25, 0.3) is 0 Å². The monoisotopic (exact) mass is 421 g/mol. The summed E-state index contributed by atoms with van der Waals surface area (Å²) in [5, 5.41) is 0. The van der Waals surface area contributed by atoms with Gasteiger partial charge in [-0.3, -0.25) is 4.79 Å². The van der Waals surface area contributed by atoms with E-state index in [0.717, 1.165) is 25.5 Å². The predicted octanol–water partition coefficient (Wildman–Crippen LogP) is 1.88. The van der Waals surface area contributed by atoms with Crippen molar-refractivity contribution in [2.45, 2.75) is 62.7 Å². The molecule has 154 valence electrons. The summed E-state index contributed by atoms with van der Waals surface area (Å²) in [7, 11) is -3.98. The molecule has 0 bridgehead atoms. The van der Waals surface area contributed by atoms with Gasteiger partial charge in [0.15, 0.2) is 0 Å². The minimum atomic E-state index is -4.60. The van der Waals surface area contributed by atoms with E-state index in [1.165, 1.54) is 0 Å². The molecule has 1 heterocycles. The summed E-state index contributed by atoms with van der Waals surface area (Å²) in [6.07, 6.45) is 0.639. The smallest absolute Gasteiger partial charge is 0.341 e. The number of carbonyl (C=O) groups excluding carboxylic acids is 1. The second kappa shape index (κ2) is 8.62. The van der Waals surface area contributed by atoms with Crippen molar-refractivity contribution in [3.63, 3.8) is 0 Å². The van der Waals surface area contributed by atoms with E-state index in [-0.39, 0.29) is 44.2 Å². The average Bonchev–Trinajstić information content (AvgIpc) is 2.51. The van der Waals surface area contributed by atoms with Crippen LogP contribution in [0.15, 0.2) is 0 Å². The van der Waals surface area contributed by atoms with E-state index in [0.29, 0.717) is 17.1 Å². The molecule has 0 aromatic heterocycles. The standard InChI is InChI=1S/C15H26F3N3O3S.ClH/c1-25(23,24)21(11-15(16,17)18)12-5-9-20(10-6-12)13(22)14(19)7-3-2-4-8-14;/h12H,2-11,19H2,1H3;1H. The molecule has 0 atom stereocenters. The highest BCUT2D eigenvalue weighted by Gasteiger charge is 2.42. The quantitative estimate of drug-likeness (QED) is 0.751. The van der Waals surface area contributed by atoms with Gasteiger partial charge in [-0.15, -0.1) is 12.4 Å². The van der Waals surface area contributed by atoms with Crippen molar-refractivity contribution in [1.29, 1.82) is 0 Å². The topological polar surface area (TPSA) is 83.7 Å². The molecule has 1 saturated carbocycles. The van der Waals surface area contributed by atoms with Crippen molar-refractivity contribution < 1.29 is 26.4 Å². The van der Waals surface area contributed by atoms with E-state index >= 15 is 0 Å². The molecule has 0 unspecified atom stereocenters. The van der Waals surface area contributed by atoms with E-state index in [4.69, 9.17) is 5.73 Å². The molecule has 1 aliphatic carbocycles. The number of hydrogen-bond donors (Lipinski definition) is 1. The van der Waals surface area contributed by atoms with Gasteiger partial charge in [0.05, 0.1) is 11.8 Å². The Morgan fingerprint density at radius 2 is 1.69 bits per heavy atom. The summed E-state index contributed by atoms with van der Waals surface area (Å²) >= 11 is 0. The molecule has 0 aromatic rings. The van der Waals surface area contributed by atoms with Crippen molar-refractivity contribution in [3.05, 3.63) is 0 Å². The fraction of sp³-hybridized carbons (Fsp3) is 0.933. The zero-order valence-corrected chi connectivity index (χ0v) is 16.4. The molecule has 2 fully saturated rings. The van der Waals surface area contributed by atoms with E-state index in [1.807, 2.05) is 0 Å². The number of piperidine rings is 1. The first-order valence-electron chi connectivity index (χ1n) is 8.54. The van der Waals surface area contributed by atoms with Gasteiger partial charge in [-0.05, 0) is 25.7 Å². The van der Waals surface area contributed by atoms with Gasteiger partial charge in [-0.2, -0.15) is 17.5 Å². The number of sulfonamides is 1. The van der Waals surface area contributed by atoms with E-state index in [9.17, 15) is 26.4 Å². The van der Waals surface area contributed by atoms with Crippen LogP contribution >= 0.6 is 12.4 Å². The summed E-state index contributed by atoms with van der Waals surface area (Å²) in [5.74, 6) is -0.160. The molecule has 6 nitrogen and oxygen atoms in total. The fourth-order valence-electron chi connectivity index (χ4n) is 3.76. The minimum Gasteiger partial charge on any atom is -0.341 e. The zero-order chi connectivity index (χ0) is 18.9. The minimum absolute atomic E-state index is 0. The van der Waals surface area contributed by atoms with Crippen LogP contribution in [-0.2, 0) is 14.8 Å². The summed E-state index contributed by atoms with van der Waals surface area (Å²) in [6.45, 7) is -1.04. The van der Waals surface area contributed by atoms with Crippen LogP contribution in [0.1, 0.15) is 44.9 Å². The highest BCUT2D eigenvalue weighted by molar-refractivity contribution is 7.88. The molecule has 1 saturated heterocycles. The predicted molar refractivity (Wildman–Crippen MR) is 94.5 cm³/mol. The van der Waals surface area contributed by atoms with Gasteiger partial charge in [0.2, 0.25) is 15.9 Å². The fourth-order valence-corrected chi connectivity index (χ4v) is 4.90. The highest BCUT2D eigenvalue weighted by Crippen LogP contribution is 2.30. The number of rotatable bonds is 4. The van der Waals surface area contributed by atoms with Gasteiger partial charge in [0, 0.05) is 19.1 Å². The Kier molecular flexibility index (Phi) is 7.78. The van der Waals surface area contributed by atoms with Crippen LogP contribution in [-0.4, -0.2) is 67.2 Å². The number of halogens is 4. The molecule has 2 N–H and O–H groups in total. The lowest BCUT2D eigenvalue weighted by Gasteiger charge is -2.42. The molecule has 2 rings (SSSR count). The third-order valence-electron chi connectivity index (χ3n) is 5.09. The SMILES string of the molecule is CS(=O)(=O)N(CC(F)(F)F)C1CCN(C(=O)C2(N)CCCCC2)CC1.Cl. The number of alkyl halides is 3. The Balaban J connectivity index is 0.00000338. The maximum atomic E-state index is 12.7. The number of nitrogens with zero attached hydrogens (tertiary/aromatic N) is 2. The van der Waals surface area contributed by atoms with Crippen molar-refractivity contribution in [1.82, 2.24) is 9.21 Å². The largest absolute Gasteiger partial charge is 0.402 e. The molecular formula is C15H27ClF3N3O3S. The molecule has 1 amide bonds. The Morgan fingerprint density at radius 3 is 2.12 bits per heavy atom. The van der Waals surface area contributed by atoms with E-state index in [2.05, 4.69) is 0 Å². The van der Waals surface area contributed by atoms with Crippen LogP contribution in [0.5, 0.6) is 0 Å². The van der Waals surface area contributed by atoms with Gasteiger partial charge in [-0.1, -0.05) is 19.3 Å². The Morgan fingerprint density at radius 1 is 1.19 bits per heavy atom. The van der Waals surface area contributed by atoms with Crippen molar-refractivity contribution in [2.75, 3.05) is 25.9 Å². The summed E-state index contributed by atoms with van der Waals surface area (Å²) < 4.78 is 62.1. The third kappa shape index (κ3) is 5.97. The first-order chi connectivity index (χ1) is 11.4. The van der Waals surface area contributed by atoms with Gasteiger partial charge >= 0.3 is 6.18 Å². The van der Waals surface area contributed by atoms with Crippen molar-refractivity contribution >= 4 is 28.3 Å². The summed E-state index contributed by atoms with van der Waals surface area (Å²) in [5.41, 5.74) is 5.35. The number of nitrogens with two attached hydrogens (primary N) is 1. The van der Waals surface area contributed by atoms with Crippen molar-refractivity contribution in [2.24, 2.45) is 5.73 Å². The van der Waals surface area contributed by atoms with Crippen LogP contribution in [0.4, 0.5) is 13.2 Å². The molecular weight excluding hydrogens is 395 g/mol. The number of likely N-dealkylation sites (tertiary alicyclic amines) is 1. The third-order valence-corrected chi connectivity index (χ3v) is 6.37. The number of amides is 1. The van der Waals surface area contributed by atoms with Crippen LogP contribution in [0.25, 0.3) is 0 Å². The van der Waals surface area contributed by atoms with E-state index < -0.39 is 34.3 Å². The maximum absolute atomic E-state index is 12.7. The molecule has 0 spiro atoms. The second-order valence-electron chi connectivity index (χ2n) is 7.16. The molecule has 11 heteroatoms. The molecule has 26 heavy (non-hydrogen) atoms. The van der Waals surface area contributed by atoms with Crippen LogP contribution in [0, 0.1) is 0 Å². The number of hydrogen-bond acceptors (Lipinski definition) is 4. The van der Waals surface area contributed by atoms with Crippen molar-refractivity contribution in [3.8, 4) is 0 Å². The molecule has 2 aliphatic rings. The van der Waals surface area contributed by atoms with Crippen LogP contribution in [0.3, 0.4) is 0 Å². The Bertz CT molecular complexity index is 587. The Hall–Kier alpha value is -0.580. The van der Waals surface area contributed by atoms with Gasteiger partial charge in [0.1, 0.15) is 6.54 Å². The molecule has 1 aliphatic heterocycles.